The first-order chi connectivity index (χ1) is 7.43. The third kappa shape index (κ3) is 1.79. The lowest BCUT2D eigenvalue weighted by Gasteiger charge is -2.25. The summed E-state index contributed by atoms with van der Waals surface area (Å²) < 4.78 is 5.36. The van der Waals surface area contributed by atoms with Gasteiger partial charge in [-0.3, -0.25) is 0 Å². The van der Waals surface area contributed by atoms with Crippen molar-refractivity contribution >= 4 is 0 Å². The summed E-state index contributed by atoms with van der Waals surface area (Å²) in [4.78, 5) is 7.96. The molecule has 2 aliphatic heterocycles. The van der Waals surface area contributed by atoms with E-state index in [0.717, 1.165) is 45.0 Å². The number of aromatic nitrogens is 2. The van der Waals surface area contributed by atoms with Crippen molar-refractivity contribution in [1.82, 2.24) is 15.3 Å². The molecule has 2 saturated heterocycles. The topological polar surface area (TPSA) is 49.9 Å². The van der Waals surface area contributed by atoms with Crippen molar-refractivity contribution < 1.29 is 4.74 Å². The largest absolute Gasteiger partial charge is 0.381 e. The van der Waals surface area contributed by atoms with Crippen LogP contribution in [0.15, 0.2) is 6.20 Å². The lowest BCUT2D eigenvalue weighted by atomic mass is 9.97. The van der Waals surface area contributed by atoms with E-state index in [2.05, 4.69) is 15.3 Å². The van der Waals surface area contributed by atoms with E-state index in [1.54, 1.807) is 0 Å². The molecule has 0 aliphatic carbocycles. The molecule has 0 atom stereocenters. The maximum atomic E-state index is 5.36. The Morgan fingerprint density at radius 1 is 1.20 bits per heavy atom. The molecule has 0 spiro atoms. The molecular weight excluding hydrogens is 190 g/mol. The van der Waals surface area contributed by atoms with Crippen LogP contribution >= 0.6 is 0 Å². The van der Waals surface area contributed by atoms with Gasteiger partial charge in [-0.25, -0.2) is 4.98 Å². The molecule has 0 aromatic carbocycles. The molecule has 1 aromatic rings. The normalized spacial score (nSPS) is 24.0. The predicted molar refractivity (Wildman–Crippen MR) is 57.0 cm³/mol. The van der Waals surface area contributed by atoms with E-state index in [1.165, 1.54) is 5.69 Å². The monoisotopic (exact) mass is 207 g/mol. The van der Waals surface area contributed by atoms with Crippen LogP contribution in [0, 0.1) is 0 Å². The Kier molecular flexibility index (Phi) is 2.46. The first kappa shape index (κ1) is 9.36. The summed E-state index contributed by atoms with van der Waals surface area (Å²) in [6.07, 6.45) is 4.28. The van der Waals surface area contributed by atoms with E-state index in [4.69, 9.17) is 4.74 Å². The maximum absolute atomic E-state index is 5.36. The molecule has 0 radical (unpaired) electrons. The Morgan fingerprint density at radius 3 is 2.67 bits per heavy atom. The van der Waals surface area contributed by atoms with Crippen molar-refractivity contribution in [3.63, 3.8) is 0 Å². The molecule has 2 fully saturated rings. The average Bonchev–Trinajstić information content (AvgIpc) is 2.66. The Hall–Kier alpha value is -0.870. The number of imidazole rings is 1. The third-order valence-corrected chi connectivity index (χ3v) is 3.44. The average molecular weight is 207 g/mol. The Balaban J connectivity index is 1.71. The van der Waals surface area contributed by atoms with E-state index >= 15 is 0 Å². The molecule has 0 unspecified atom stereocenters. The van der Waals surface area contributed by atoms with Crippen molar-refractivity contribution in [3.05, 3.63) is 17.7 Å². The Morgan fingerprint density at radius 2 is 2.00 bits per heavy atom. The van der Waals surface area contributed by atoms with Gasteiger partial charge in [0.25, 0.3) is 0 Å². The smallest absolute Gasteiger partial charge is 0.111 e. The molecule has 3 rings (SSSR count). The fourth-order valence-corrected chi connectivity index (χ4v) is 2.26. The number of ether oxygens (including phenoxy) is 1. The molecule has 2 aliphatic rings. The van der Waals surface area contributed by atoms with Gasteiger partial charge in [0, 0.05) is 50.0 Å². The number of nitrogens with one attached hydrogen (secondary N) is 2. The summed E-state index contributed by atoms with van der Waals surface area (Å²) in [5.74, 6) is 2.40. The Bertz CT molecular complexity index is 326. The van der Waals surface area contributed by atoms with Gasteiger partial charge >= 0.3 is 0 Å². The van der Waals surface area contributed by atoms with E-state index in [-0.39, 0.29) is 0 Å². The lowest BCUT2D eigenvalue weighted by molar-refractivity contribution is 0.0845. The fraction of sp³-hybridized carbons (Fsp3) is 0.727. The van der Waals surface area contributed by atoms with Gasteiger partial charge in [-0.15, -0.1) is 0 Å². The van der Waals surface area contributed by atoms with Crippen LogP contribution in [0.3, 0.4) is 0 Å². The molecule has 0 bridgehead atoms. The first-order valence-corrected chi connectivity index (χ1v) is 5.77. The van der Waals surface area contributed by atoms with Crippen LogP contribution < -0.4 is 5.32 Å². The van der Waals surface area contributed by atoms with Gasteiger partial charge in [-0.1, -0.05) is 0 Å². The number of nitrogens with zero attached hydrogens (tertiary/aromatic N) is 1. The summed E-state index contributed by atoms with van der Waals surface area (Å²) in [7, 11) is 0. The number of hydrogen-bond acceptors (Lipinski definition) is 3. The van der Waals surface area contributed by atoms with Crippen molar-refractivity contribution in [2.24, 2.45) is 0 Å². The van der Waals surface area contributed by atoms with E-state index < -0.39 is 0 Å². The lowest BCUT2D eigenvalue weighted by Crippen LogP contribution is -2.40. The minimum Gasteiger partial charge on any atom is -0.381 e. The van der Waals surface area contributed by atoms with Crippen molar-refractivity contribution in [1.29, 1.82) is 0 Å². The van der Waals surface area contributed by atoms with Crippen LogP contribution in [0.25, 0.3) is 0 Å². The molecule has 3 heterocycles. The summed E-state index contributed by atoms with van der Waals surface area (Å²) in [6, 6.07) is 0. The fourth-order valence-electron chi connectivity index (χ4n) is 2.26. The van der Waals surface area contributed by atoms with Gasteiger partial charge in [0.1, 0.15) is 5.82 Å². The van der Waals surface area contributed by atoms with Gasteiger partial charge < -0.3 is 15.0 Å². The van der Waals surface area contributed by atoms with Gasteiger partial charge in [0.2, 0.25) is 0 Å². The summed E-state index contributed by atoms with van der Waals surface area (Å²) >= 11 is 0. The van der Waals surface area contributed by atoms with Gasteiger partial charge in [-0.05, 0) is 12.8 Å². The molecule has 4 heteroatoms. The maximum Gasteiger partial charge on any atom is 0.111 e. The first-order valence-electron chi connectivity index (χ1n) is 5.77. The molecule has 0 amide bonds. The number of H-pyrrole nitrogens is 1. The Labute approximate surface area is 89.4 Å². The zero-order valence-corrected chi connectivity index (χ0v) is 8.83. The standard InChI is InChI=1S/C11H17N3O/c1-3-15-4-2-8(1)10-7-13-11(14-10)9-5-12-6-9/h7-9,12H,1-6H2,(H,13,14). The molecule has 0 saturated carbocycles. The number of aromatic amines is 1. The molecule has 1 aromatic heterocycles. The van der Waals surface area contributed by atoms with Gasteiger partial charge in [-0.2, -0.15) is 0 Å². The summed E-state index contributed by atoms with van der Waals surface area (Å²) in [5.41, 5.74) is 1.31. The van der Waals surface area contributed by atoms with E-state index in [1.807, 2.05) is 6.20 Å². The SMILES string of the molecule is c1nc(C2CNC2)[nH]c1C1CCOCC1. The number of rotatable bonds is 2. The van der Waals surface area contributed by atoms with Gasteiger partial charge in [0.05, 0.1) is 0 Å². The van der Waals surface area contributed by atoms with E-state index in [9.17, 15) is 0 Å². The van der Waals surface area contributed by atoms with Crippen LogP contribution in [-0.2, 0) is 4.74 Å². The second-order valence-corrected chi connectivity index (χ2v) is 4.47. The van der Waals surface area contributed by atoms with Crippen LogP contribution in [-0.4, -0.2) is 36.3 Å². The third-order valence-electron chi connectivity index (χ3n) is 3.44. The minimum atomic E-state index is 0.610. The molecule has 82 valence electrons. The molecule has 4 nitrogen and oxygen atoms in total. The summed E-state index contributed by atoms with van der Waals surface area (Å²) in [5, 5.41) is 3.27. The van der Waals surface area contributed by atoms with Crippen LogP contribution in [0.5, 0.6) is 0 Å². The highest BCUT2D eigenvalue weighted by atomic mass is 16.5. The van der Waals surface area contributed by atoms with Crippen molar-refractivity contribution in [2.45, 2.75) is 24.7 Å². The second-order valence-electron chi connectivity index (χ2n) is 4.47. The molecule has 15 heavy (non-hydrogen) atoms. The van der Waals surface area contributed by atoms with Gasteiger partial charge in [0.15, 0.2) is 0 Å². The molecular formula is C11H17N3O. The second kappa shape index (κ2) is 3.94. The van der Waals surface area contributed by atoms with E-state index in [0.29, 0.717) is 11.8 Å². The van der Waals surface area contributed by atoms with Crippen LogP contribution in [0.4, 0.5) is 0 Å². The van der Waals surface area contributed by atoms with Crippen LogP contribution in [0.1, 0.15) is 36.2 Å². The van der Waals surface area contributed by atoms with Crippen molar-refractivity contribution in [3.8, 4) is 0 Å². The highest BCUT2D eigenvalue weighted by Crippen LogP contribution is 2.27. The van der Waals surface area contributed by atoms with Crippen molar-refractivity contribution in [2.75, 3.05) is 26.3 Å². The zero-order chi connectivity index (χ0) is 10.1. The van der Waals surface area contributed by atoms with Crippen LogP contribution in [0.2, 0.25) is 0 Å². The molecule has 2 N–H and O–H groups in total. The quantitative estimate of drug-likeness (QED) is 0.760. The zero-order valence-electron chi connectivity index (χ0n) is 8.83. The highest BCUT2D eigenvalue weighted by Gasteiger charge is 2.24. The minimum absolute atomic E-state index is 0.610. The highest BCUT2D eigenvalue weighted by molar-refractivity contribution is 5.13. The number of hydrogen-bond donors (Lipinski definition) is 2. The predicted octanol–water partition coefficient (Wildman–Crippen LogP) is 0.991. The summed E-state index contributed by atoms with van der Waals surface area (Å²) in [6.45, 7) is 3.93.